The maximum atomic E-state index is 13.1. The first-order chi connectivity index (χ1) is 14.0. The van der Waals surface area contributed by atoms with Crippen molar-refractivity contribution in [2.45, 2.75) is 44.7 Å². The summed E-state index contributed by atoms with van der Waals surface area (Å²) in [6, 6.07) is 4.08. The highest BCUT2D eigenvalue weighted by molar-refractivity contribution is 6.04. The first-order valence-electron chi connectivity index (χ1n) is 10.5. The molecule has 29 heavy (non-hydrogen) atoms. The van der Waals surface area contributed by atoms with E-state index >= 15 is 0 Å². The molecular formula is C21H30N6O2. The lowest BCUT2D eigenvalue weighted by Gasteiger charge is -2.30. The van der Waals surface area contributed by atoms with Crippen LogP contribution in [0.25, 0.3) is 0 Å². The van der Waals surface area contributed by atoms with Crippen LogP contribution >= 0.6 is 0 Å². The molecule has 2 aliphatic heterocycles. The van der Waals surface area contributed by atoms with Gasteiger partial charge in [-0.1, -0.05) is 0 Å². The summed E-state index contributed by atoms with van der Waals surface area (Å²) >= 11 is 0. The Morgan fingerprint density at radius 1 is 1.14 bits per heavy atom. The number of hydrogen-bond donors (Lipinski definition) is 2. The Labute approximate surface area is 170 Å². The molecule has 0 saturated carbocycles. The van der Waals surface area contributed by atoms with E-state index in [4.69, 9.17) is 0 Å². The Kier molecular flexibility index (Phi) is 5.82. The zero-order valence-corrected chi connectivity index (χ0v) is 17.2. The number of amides is 1. The number of pyridine rings is 1. The molecule has 2 saturated heterocycles. The van der Waals surface area contributed by atoms with Gasteiger partial charge in [-0.3, -0.25) is 9.59 Å². The second-order valence-corrected chi connectivity index (χ2v) is 8.22. The Morgan fingerprint density at radius 3 is 2.59 bits per heavy atom. The lowest BCUT2D eigenvalue weighted by atomic mass is 10.0. The van der Waals surface area contributed by atoms with E-state index in [1.165, 1.54) is 0 Å². The van der Waals surface area contributed by atoms with Crippen LogP contribution in [0.5, 0.6) is 0 Å². The zero-order valence-electron chi connectivity index (χ0n) is 17.2. The van der Waals surface area contributed by atoms with Crippen LogP contribution < -0.4 is 16.2 Å². The molecule has 4 rings (SSSR count). The summed E-state index contributed by atoms with van der Waals surface area (Å²) in [5, 5.41) is 10.7. The second-order valence-electron chi connectivity index (χ2n) is 8.22. The van der Waals surface area contributed by atoms with Crippen LogP contribution in [0.3, 0.4) is 0 Å². The van der Waals surface area contributed by atoms with Gasteiger partial charge in [-0.2, -0.15) is 5.10 Å². The molecule has 2 aliphatic rings. The molecule has 2 aromatic heterocycles. The van der Waals surface area contributed by atoms with Gasteiger partial charge in [-0.25, -0.2) is 4.68 Å². The van der Waals surface area contributed by atoms with Crippen molar-refractivity contribution in [3.8, 4) is 0 Å². The third-order valence-corrected chi connectivity index (χ3v) is 6.20. The molecule has 2 aromatic rings. The number of nitrogens with one attached hydrogen (secondary N) is 2. The van der Waals surface area contributed by atoms with Gasteiger partial charge in [0.05, 0.1) is 12.2 Å². The van der Waals surface area contributed by atoms with Gasteiger partial charge in [0.1, 0.15) is 11.4 Å². The second kappa shape index (κ2) is 8.51. The largest absolute Gasteiger partial charge is 0.317 e. The van der Waals surface area contributed by atoms with Gasteiger partial charge in [0.25, 0.3) is 11.5 Å². The molecule has 0 aromatic carbocycles. The first-order valence-corrected chi connectivity index (χ1v) is 10.5. The van der Waals surface area contributed by atoms with Gasteiger partial charge in [-0.05, 0) is 77.5 Å². The molecule has 8 heteroatoms. The van der Waals surface area contributed by atoms with Gasteiger partial charge in [0.15, 0.2) is 0 Å². The lowest BCUT2D eigenvalue weighted by molar-refractivity contribution is 0.102. The summed E-state index contributed by atoms with van der Waals surface area (Å²) in [6.07, 6.45) is 7.31. The molecule has 0 atom stereocenters. The van der Waals surface area contributed by atoms with Crippen LogP contribution in [0, 0.1) is 6.92 Å². The van der Waals surface area contributed by atoms with Crippen LogP contribution in [0.1, 0.15) is 53.7 Å². The summed E-state index contributed by atoms with van der Waals surface area (Å²) < 4.78 is 3.63. The number of carbonyl (C=O) groups excluding carboxylic acids is 1. The molecule has 8 nitrogen and oxygen atoms in total. The molecule has 0 bridgehead atoms. The number of likely N-dealkylation sites (tertiary alicyclic amines) is 1. The average Bonchev–Trinajstić information content (AvgIpc) is 3.17. The minimum atomic E-state index is -0.356. The third kappa shape index (κ3) is 4.13. The van der Waals surface area contributed by atoms with Crippen LogP contribution in [0.15, 0.2) is 29.3 Å². The number of aromatic nitrogens is 3. The first kappa shape index (κ1) is 19.8. The summed E-state index contributed by atoms with van der Waals surface area (Å²) in [4.78, 5) is 28.5. The number of carbonyl (C=O) groups is 1. The van der Waals surface area contributed by atoms with Gasteiger partial charge >= 0.3 is 0 Å². The molecule has 2 fully saturated rings. The number of aryl methyl sites for hydroxylation is 1. The van der Waals surface area contributed by atoms with Crippen molar-refractivity contribution >= 4 is 11.7 Å². The standard InChI is InChI=1S/C21H30N6O2/c1-15-6-14-26(16-3-9-22-10-4-16)21(29)19(15)20(28)24-18-5-11-23-27(18)17-7-12-25(2)13-8-17/h5-6,11,14,16-17,22H,3-4,7-10,12-13H2,1-2H3,(H,24,28). The number of piperidine rings is 2. The van der Waals surface area contributed by atoms with E-state index in [1.807, 2.05) is 23.9 Å². The predicted molar refractivity (Wildman–Crippen MR) is 113 cm³/mol. The molecule has 4 heterocycles. The summed E-state index contributed by atoms with van der Waals surface area (Å²) in [7, 11) is 2.12. The molecule has 0 radical (unpaired) electrons. The van der Waals surface area contributed by atoms with E-state index in [0.717, 1.165) is 51.9 Å². The Hall–Kier alpha value is -2.45. The summed E-state index contributed by atoms with van der Waals surface area (Å²) in [6.45, 7) is 5.62. The fourth-order valence-electron chi connectivity index (χ4n) is 4.41. The van der Waals surface area contributed by atoms with Gasteiger partial charge in [0.2, 0.25) is 0 Å². The molecule has 0 unspecified atom stereocenters. The fraction of sp³-hybridized carbons (Fsp3) is 0.571. The van der Waals surface area contributed by atoms with E-state index in [9.17, 15) is 9.59 Å². The lowest BCUT2D eigenvalue weighted by Crippen LogP contribution is -2.37. The van der Waals surface area contributed by atoms with Crippen LogP contribution in [0.2, 0.25) is 0 Å². The normalized spacial score (nSPS) is 19.4. The highest BCUT2D eigenvalue weighted by atomic mass is 16.2. The SMILES string of the molecule is Cc1ccn(C2CCNCC2)c(=O)c1C(=O)Nc1ccnn1C1CCN(C)CC1. The molecular weight excluding hydrogens is 368 g/mol. The summed E-state index contributed by atoms with van der Waals surface area (Å²) in [5.74, 6) is 0.297. The fourth-order valence-corrected chi connectivity index (χ4v) is 4.41. The minimum absolute atomic E-state index is 0.139. The smallest absolute Gasteiger partial charge is 0.263 e. The Morgan fingerprint density at radius 2 is 1.86 bits per heavy atom. The third-order valence-electron chi connectivity index (χ3n) is 6.20. The quantitative estimate of drug-likeness (QED) is 0.820. The summed E-state index contributed by atoms with van der Waals surface area (Å²) in [5.41, 5.74) is 0.713. The molecule has 0 spiro atoms. The van der Waals surface area contributed by atoms with Crippen LogP contribution in [-0.2, 0) is 0 Å². The van der Waals surface area contributed by atoms with E-state index in [1.54, 1.807) is 16.8 Å². The Balaban J connectivity index is 1.57. The molecule has 156 valence electrons. The minimum Gasteiger partial charge on any atom is -0.317 e. The van der Waals surface area contributed by atoms with Crippen molar-refractivity contribution < 1.29 is 4.79 Å². The van der Waals surface area contributed by atoms with Crippen molar-refractivity contribution in [3.63, 3.8) is 0 Å². The number of anilines is 1. The number of rotatable bonds is 4. The highest BCUT2D eigenvalue weighted by Crippen LogP contribution is 2.25. The van der Waals surface area contributed by atoms with Crippen molar-refractivity contribution in [1.29, 1.82) is 0 Å². The monoisotopic (exact) mass is 398 g/mol. The van der Waals surface area contributed by atoms with Crippen LogP contribution in [0.4, 0.5) is 5.82 Å². The van der Waals surface area contributed by atoms with E-state index in [-0.39, 0.29) is 29.1 Å². The van der Waals surface area contributed by atoms with E-state index < -0.39 is 0 Å². The molecule has 0 aliphatic carbocycles. The van der Waals surface area contributed by atoms with Crippen molar-refractivity contribution in [2.24, 2.45) is 0 Å². The van der Waals surface area contributed by atoms with Crippen molar-refractivity contribution in [3.05, 3.63) is 46.0 Å². The predicted octanol–water partition coefficient (Wildman–Crippen LogP) is 1.80. The van der Waals surface area contributed by atoms with Gasteiger partial charge in [-0.15, -0.1) is 0 Å². The topological polar surface area (TPSA) is 84.2 Å². The van der Waals surface area contributed by atoms with Gasteiger partial charge in [0, 0.05) is 18.3 Å². The highest BCUT2D eigenvalue weighted by Gasteiger charge is 2.24. The molecule has 1 amide bonds. The van der Waals surface area contributed by atoms with Crippen molar-refractivity contribution in [2.75, 3.05) is 38.5 Å². The number of hydrogen-bond acceptors (Lipinski definition) is 5. The van der Waals surface area contributed by atoms with Crippen molar-refractivity contribution in [1.82, 2.24) is 24.6 Å². The average molecular weight is 399 g/mol. The van der Waals surface area contributed by atoms with E-state index in [0.29, 0.717) is 11.4 Å². The van der Waals surface area contributed by atoms with E-state index in [2.05, 4.69) is 27.7 Å². The maximum Gasteiger partial charge on any atom is 0.263 e. The Bertz CT molecular complexity index is 919. The molecule has 2 N–H and O–H groups in total. The maximum absolute atomic E-state index is 13.1. The zero-order chi connectivity index (χ0) is 20.4. The van der Waals surface area contributed by atoms with Gasteiger partial charge < -0.3 is 20.1 Å². The number of nitrogens with zero attached hydrogens (tertiary/aromatic N) is 4. The van der Waals surface area contributed by atoms with Crippen LogP contribution in [-0.4, -0.2) is 58.4 Å².